The van der Waals surface area contributed by atoms with Crippen molar-refractivity contribution in [2.75, 3.05) is 7.11 Å². The summed E-state index contributed by atoms with van der Waals surface area (Å²) in [6, 6.07) is 26.2. The number of benzene rings is 4. The topological polar surface area (TPSA) is 65.0 Å². The zero-order valence-electron chi connectivity index (χ0n) is 26.6. The van der Waals surface area contributed by atoms with E-state index in [0.29, 0.717) is 43.3 Å². The standard InChI is InChI=1S/C41H42O5/c1-44-39-20-15-32-13-17-35(42)28-41(23-21-31(22-24-41)11-6-5-10-30-8-3-2-4-9-30)46-25-7-12-37-36-18-14-33(29-45-40(39)27-32)26-34(36)16-19-38(37)43/h2-4,8-9,14-16,18-21,23,26-27,31,43H,5-6,10-13,17,22,24,28-29H2,1H3. The second kappa shape index (κ2) is 14.6. The number of rotatable bonds is 6. The van der Waals surface area contributed by atoms with Gasteiger partial charge in [-0.1, -0.05) is 73.0 Å². The van der Waals surface area contributed by atoms with E-state index in [0.717, 1.165) is 53.1 Å². The Morgan fingerprint density at radius 3 is 2.67 bits per heavy atom. The van der Waals surface area contributed by atoms with E-state index in [1.165, 1.54) is 18.4 Å². The fraction of sp³-hybridized carbons (Fsp3) is 0.341. The van der Waals surface area contributed by atoms with Crippen LogP contribution >= 0.6 is 0 Å². The predicted molar refractivity (Wildman–Crippen MR) is 182 cm³/mol. The highest BCUT2D eigenvalue weighted by Crippen LogP contribution is 2.36. The first-order valence-electron chi connectivity index (χ1n) is 16.4. The number of carbonyl (C=O) groups excluding carboxylic acids is 1. The fourth-order valence-corrected chi connectivity index (χ4v) is 6.64. The number of ketones is 1. The van der Waals surface area contributed by atoms with Crippen LogP contribution in [0.3, 0.4) is 0 Å². The summed E-state index contributed by atoms with van der Waals surface area (Å²) in [7, 11) is 1.63. The lowest BCUT2D eigenvalue weighted by atomic mass is 9.79. The lowest BCUT2D eigenvalue weighted by Gasteiger charge is -2.33. The number of hydrogen-bond donors (Lipinski definition) is 1. The second-order valence-electron chi connectivity index (χ2n) is 12.6. The van der Waals surface area contributed by atoms with Crippen LogP contribution in [-0.4, -0.2) is 23.6 Å². The molecular weight excluding hydrogens is 572 g/mol. The molecule has 2 atom stereocenters. The molecule has 0 fully saturated rings. The summed E-state index contributed by atoms with van der Waals surface area (Å²) in [5.74, 6) is 5.26. The van der Waals surface area contributed by atoms with Crippen LogP contribution in [0.2, 0.25) is 0 Å². The molecule has 5 heteroatoms. The first kappa shape index (κ1) is 31.3. The van der Waals surface area contributed by atoms with Crippen LogP contribution in [0.25, 0.3) is 10.8 Å². The van der Waals surface area contributed by atoms with Crippen LogP contribution in [0.15, 0.2) is 91.0 Å². The average Bonchev–Trinajstić information content (AvgIpc) is 3.08. The van der Waals surface area contributed by atoms with Crippen molar-refractivity contribution in [3.63, 3.8) is 0 Å². The number of Topliss-reactive ketones (excluding diaryl/α,β-unsaturated/α-hetero) is 1. The quantitative estimate of drug-likeness (QED) is 0.134. The third-order valence-electron chi connectivity index (χ3n) is 9.32. The highest BCUT2D eigenvalue weighted by Gasteiger charge is 2.35. The molecule has 7 rings (SSSR count). The Labute approximate surface area is 272 Å². The zero-order valence-corrected chi connectivity index (χ0v) is 26.6. The van der Waals surface area contributed by atoms with Crippen molar-refractivity contribution in [1.82, 2.24) is 0 Å². The van der Waals surface area contributed by atoms with Crippen molar-refractivity contribution in [2.24, 2.45) is 5.92 Å². The maximum absolute atomic E-state index is 13.4. The van der Waals surface area contributed by atoms with E-state index < -0.39 is 5.60 Å². The summed E-state index contributed by atoms with van der Waals surface area (Å²) in [6.07, 6.45) is 15.2. The summed E-state index contributed by atoms with van der Waals surface area (Å²) in [4.78, 5) is 13.4. The number of allylic oxidation sites excluding steroid dienone is 1. The minimum absolute atomic E-state index is 0.143. The molecule has 0 amide bonds. The van der Waals surface area contributed by atoms with Crippen molar-refractivity contribution in [3.05, 3.63) is 113 Å². The van der Waals surface area contributed by atoms with Gasteiger partial charge in [0.05, 0.1) is 13.5 Å². The van der Waals surface area contributed by atoms with Crippen molar-refractivity contribution < 1.29 is 24.1 Å². The second-order valence-corrected chi connectivity index (χ2v) is 12.6. The molecule has 4 aromatic rings. The normalized spacial score (nSPS) is 19.8. The number of phenols is 1. The van der Waals surface area contributed by atoms with Crippen LogP contribution < -0.4 is 9.47 Å². The SMILES string of the molecule is COc1ccc2cc1OCc1ccc3c(c(O)ccc3c1)CC#COC1(C=CC(CCCCc3ccccc3)CC1)CC(=O)CC2. The molecule has 2 unspecified atom stereocenters. The molecule has 3 aliphatic rings. The van der Waals surface area contributed by atoms with E-state index in [1.807, 2.05) is 36.4 Å². The third kappa shape index (κ3) is 7.74. The monoisotopic (exact) mass is 614 g/mol. The van der Waals surface area contributed by atoms with Gasteiger partial charge in [-0.05, 0) is 102 Å². The van der Waals surface area contributed by atoms with Gasteiger partial charge in [0.1, 0.15) is 29.8 Å². The van der Waals surface area contributed by atoms with Gasteiger partial charge in [-0.25, -0.2) is 0 Å². The Bertz CT molecular complexity index is 1760. The molecule has 4 aromatic carbocycles. The summed E-state index contributed by atoms with van der Waals surface area (Å²) < 4.78 is 18.1. The van der Waals surface area contributed by atoms with Gasteiger partial charge >= 0.3 is 0 Å². The van der Waals surface area contributed by atoms with Crippen molar-refractivity contribution >= 4 is 16.6 Å². The number of fused-ring (bicyclic) bond motifs is 7. The van der Waals surface area contributed by atoms with E-state index in [1.54, 1.807) is 13.2 Å². The molecule has 2 heterocycles. The van der Waals surface area contributed by atoms with E-state index in [-0.39, 0.29) is 18.0 Å². The number of carbonyl (C=O) groups is 1. The summed E-state index contributed by atoms with van der Waals surface area (Å²) in [6.45, 7) is 0.363. The lowest BCUT2D eigenvalue weighted by molar-refractivity contribution is -0.122. The first-order chi connectivity index (χ1) is 22.5. The van der Waals surface area contributed by atoms with Crippen molar-refractivity contribution in [2.45, 2.75) is 76.4 Å². The smallest absolute Gasteiger partial charge is 0.161 e. The molecule has 0 saturated heterocycles. The van der Waals surface area contributed by atoms with E-state index in [4.69, 9.17) is 14.2 Å². The van der Waals surface area contributed by atoms with Crippen LogP contribution in [0.5, 0.6) is 17.2 Å². The van der Waals surface area contributed by atoms with Crippen LogP contribution in [0, 0.1) is 17.9 Å². The molecule has 1 aliphatic carbocycles. The molecule has 0 radical (unpaired) electrons. The Morgan fingerprint density at radius 1 is 0.978 bits per heavy atom. The highest BCUT2D eigenvalue weighted by atomic mass is 16.5. The van der Waals surface area contributed by atoms with Gasteiger partial charge in [-0.15, -0.1) is 0 Å². The maximum atomic E-state index is 13.4. The first-order valence-corrected chi connectivity index (χ1v) is 16.4. The van der Waals surface area contributed by atoms with Gasteiger partial charge in [0.2, 0.25) is 0 Å². The lowest BCUT2D eigenvalue weighted by Crippen LogP contribution is -2.35. The molecule has 1 spiro atoms. The molecule has 236 valence electrons. The number of ether oxygens (including phenoxy) is 3. The van der Waals surface area contributed by atoms with Gasteiger partial charge in [0.15, 0.2) is 11.5 Å². The number of methoxy groups -OCH3 is 1. The Balaban J connectivity index is 1.22. The van der Waals surface area contributed by atoms with E-state index >= 15 is 0 Å². The Hall–Kier alpha value is -4.69. The number of aromatic hydroxyl groups is 1. The van der Waals surface area contributed by atoms with E-state index in [9.17, 15) is 9.90 Å². The van der Waals surface area contributed by atoms with Crippen LogP contribution in [0.1, 0.15) is 67.2 Å². The molecule has 0 saturated carbocycles. The molecule has 2 aliphatic heterocycles. The Kier molecular flexibility index (Phi) is 9.94. The largest absolute Gasteiger partial charge is 0.508 e. The molecule has 46 heavy (non-hydrogen) atoms. The number of unbranched alkanes of at least 4 members (excludes halogenated alkanes) is 1. The molecule has 6 bridgehead atoms. The van der Waals surface area contributed by atoms with Gasteiger partial charge < -0.3 is 19.3 Å². The van der Waals surface area contributed by atoms with Crippen LogP contribution in [-0.2, 0) is 35.4 Å². The summed E-state index contributed by atoms with van der Waals surface area (Å²) in [5, 5.41) is 12.7. The molecular formula is C41H42O5. The van der Waals surface area contributed by atoms with Crippen LogP contribution in [0.4, 0.5) is 0 Å². The minimum atomic E-state index is -0.753. The van der Waals surface area contributed by atoms with Crippen molar-refractivity contribution in [3.8, 4) is 29.3 Å². The fourth-order valence-electron chi connectivity index (χ4n) is 6.64. The van der Waals surface area contributed by atoms with E-state index in [2.05, 4.69) is 60.6 Å². The Morgan fingerprint density at radius 2 is 1.85 bits per heavy atom. The average molecular weight is 615 g/mol. The molecule has 0 aromatic heterocycles. The zero-order chi connectivity index (χ0) is 31.8. The van der Waals surface area contributed by atoms with Gasteiger partial charge in [-0.2, -0.15) is 0 Å². The van der Waals surface area contributed by atoms with Gasteiger partial charge in [0, 0.05) is 18.4 Å². The number of aryl methyl sites for hydroxylation is 2. The molecule has 5 nitrogen and oxygen atoms in total. The highest BCUT2D eigenvalue weighted by molar-refractivity contribution is 5.88. The van der Waals surface area contributed by atoms with Crippen molar-refractivity contribution in [1.29, 1.82) is 0 Å². The van der Waals surface area contributed by atoms with Gasteiger partial charge in [-0.3, -0.25) is 4.79 Å². The summed E-state index contributed by atoms with van der Waals surface area (Å²) in [5.41, 5.74) is 3.41. The maximum Gasteiger partial charge on any atom is 0.161 e. The van der Waals surface area contributed by atoms with Gasteiger partial charge in [0.25, 0.3) is 0 Å². The number of hydrogen-bond acceptors (Lipinski definition) is 5. The minimum Gasteiger partial charge on any atom is -0.508 e. The summed E-state index contributed by atoms with van der Waals surface area (Å²) >= 11 is 0. The third-order valence-corrected chi connectivity index (χ3v) is 9.32. The predicted octanol–water partition coefficient (Wildman–Crippen LogP) is 8.68. The molecule has 1 N–H and O–H groups in total. The number of phenolic OH excluding ortho intramolecular Hbond substituents is 1.